The quantitative estimate of drug-likeness (QED) is 0.744. The number of aromatic amines is 1. The van der Waals surface area contributed by atoms with E-state index in [4.69, 9.17) is 4.74 Å². The van der Waals surface area contributed by atoms with Gasteiger partial charge in [0.15, 0.2) is 0 Å². The number of hydrogen-bond acceptors (Lipinski definition) is 2. The van der Waals surface area contributed by atoms with E-state index < -0.39 is 0 Å². The van der Waals surface area contributed by atoms with Crippen LogP contribution in [0.1, 0.15) is 56.9 Å². The van der Waals surface area contributed by atoms with Crippen LogP contribution in [-0.2, 0) is 6.42 Å². The van der Waals surface area contributed by atoms with Crippen molar-refractivity contribution in [3.63, 3.8) is 0 Å². The number of fused-ring (bicyclic) bond motifs is 1. The number of methoxy groups -OCH3 is 1. The fourth-order valence-corrected chi connectivity index (χ4v) is 3.76. The summed E-state index contributed by atoms with van der Waals surface area (Å²) in [7, 11) is 1.64. The second-order valence-corrected chi connectivity index (χ2v) is 6.83. The molecule has 124 valence electrons. The van der Waals surface area contributed by atoms with Crippen LogP contribution in [0.3, 0.4) is 0 Å². The van der Waals surface area contributed by atoms with E-state index in [-0.39, 0.29) is 5.56 Å². The van der Waals surface area contributed by atoms with Crippen molar-refractivity contribution < 1.29 is 4.74 Å². The number of nitrogens with one attached hydrogen (secondary N) is 1. The van der Waals surface area contributed by atoms with Crippen LogP contribution in [0.4, 0.5) is 0 Å². The standard InChI is InChI=1S/C20H27NO2/c1-23-18-12-11-16-13-17(20(22)21-19(16)14-18)10-4-2-3-7-15-8-5-6-9-15/h11-15H,2-10H2,1H3,(H,21,22). The van der Waals surface area contributed by atoms with Crippen LogP contribution in [0.15, 0.2) is 29.1 Å². The van der Waals surface area contributed by atoms with Gasteiger partial charge in [-0.25, -0.2) is 0 Å². The van der Waals surface area contributed by atoms with E-state index in [1.54, 1.807) is 7.11 Å². The molecule has 1 aliphatic rings. The van der Waals surface area contributed by atoms with Crippen LogP contribution in [0.5, 0.6) is 5.75 Å². The van der Waals surface area contributed by atoms with Crippen molar-refractivity contribution in [1.82, 2.24) is 4.98 Å². The molecule has 0 aliphatic heterocycles. The van der Waals surface area contributed by atoms with E-state index in [0.717, 1.165) is 41.0 Å². The Morgan fingerprint density at radius 2 is 1.96 bits per heavy atom. The van der Waals surface area contributed by atoms with Gasteiger partial charge in [0.2, 0.25) is 0 Å². The van der Waals surface area contributed by atoms with Gasteiger partial charge in [0.1, 0.15) is 5.75 Å². The van der Waals surface area contributed by atoms with Gasteiger partial charge in [0.25, 0.3) is 5.56 Å². The van der Waals surface area contributed by atoms with Crippen LogP contribution in [0, 0.1) is 5.92 Å². The first-order valence-corrected chi connectivity index (χ1v) is 8.96. The molecule has 3 rings (SSSR count). The van der Waals surface area contributed by atoms with Crippen molar-refractivity contribution in [2.45, 2.75) is 57.8 Å². The summed E-state index contributed by atoms with van der Waals surface area (Å²) in [4.78, 5) is 15.2. The Labute approximate surface area is 138 Å². The summed E-state index contributed by atoms with van der Waals surface area (Å²) in [5, 5.41) is 1.08. The van der Waals surface area contributed by atoms with Crippen LogP contribution in [0.25, 0.3) is 10.9 Å². The number of aryl methyl sites for hydroxylation is 1. The van der Waals surface area contributed by atoms with Crippen molar-refractivity contribution in [3.8, 4) is 5.75 Å². The molecule has 0 saturated heterocycles. The third-order valence-electron chi connectivity index (χ3n) is 5.16. The number of hydrogen-bond donors (Lipinski definition) is 1. The fraction of sp³-hybridized carbons (Fsp3) is 0.550. The number of H-pyrrole nitrogens is 1. The van der Waals surface area contributed by atoms with Gasteiger partial charge in [0, 0.05) is 11.6 Å². The molecule has 0 radical (unpaired) electrons. The number of ether oxygens (including phenoxy) is 1. The maximum atomic E-state index is 12.2. The fourth-order valence-electron chi connectivity index (χ4n) is 3.76. The second kappa shape index (κ2) is 7.67. The van der Waals surface area contributed by atoms with E-state index in [0.29, 0.717) is 0 Å². The minimum absolute atomic E-state index is 0.0431. The molecule has 1 heterocycles. The highest BCUT2D eigenvalue weighted by Crippen LogP contribution is 2.29. The topological polar surface area (TPSA) is 42.1 Å². The lowest BCUT2D eigenvalue weighted by Crippen LogP contribution is -2.12. The van der Waals surface area contributed by atoms with Crippen molar-refractivity contribution in [3.05, 3.63) is 40.2 Å². The predicted octanol–water partition coefficient (Wildman–Crippen LogP) is 4.83. The lowest BCUT2D eigenvalue weighted by molar-refractivity contribution is 0.415. The van der Waals surface area contributed by atoms with E-state index in [2.05, 4.69) is 4.98 Å². The summed E-state index contributed by atoms with van der Waals surface area (Å²) in [6, 6.07) is 7.85. The van der Waals surface area contributed by atoms with Gasteiger partial charge in [-0.05, 0) is 42.3 Å². The second-order valence-electron chi connectivity index (χ2n) is 6.83. The first kappa shape index (κ1) is 16.1. The zero-order valence-corrected chi connectivity index (χ0v) is 14.1. The zero-order chi connectivity index (χ0) is 16.1. The van der Waals surface area contributed by atoms with Crippen molar-refractivity contribution in [2.75, 3.05) is 7.11 Å². The molecule has 23 heavy (non-hydrogen) atoms. The number of unbranched alkanes of at least 4 members (excludes halogenated alkanes) is 2. The van der Waals surface area contributed by atoms with Crippen molar-refractivity contribution in [2.24, 2.45) is 5.92 Å². The molecule has 0 unspecified atom stereocenters. The molecule has 0 bridgehead atoms. The third-order valence-corrected chi connectivity index (χ3v) is 5.16. The van der Waals surface area contributed by atoms with Gasteiger partial charge in [-0.2, -0.15) is 0 Å². The summed E-state index contributed by atoms with van der Waals surface area (Å²) >= 11 is 0. The molecule has 1 aliphatic carbocycles. The Kier molecular flexibility index (Phi) is 5.37. The molecule has 0 atom stereocenters. The maximum Gasteiger partial charge on any atom is 0.251 e. The normalized spacial score (nSPS) is 15.3. The summed E-state index contributed by atoms with van der Waals surface area (Å²) in [5.74, 6) is 1.75. The summed E-state index contributed by atoms with van der Waals surface area (Å²) < 4.78 is 5.20. The lowest BCUT2D eigenvalue weighted by Gasteiger charge is -2.08. The van der Waals surface area contributed by atoms with Gasteiger partial charge in [0.05, 0.1) is 12.6 Å². The van der Waals surface area contributed by atoms with Gasteiger partial charge < -0.3 is 9.72 Å². The minimum atomic E-state index is 0.0431. The average Bonchev–Trinajstić information content (AvgIpc) is 3.07. The monoisotopic (exact) mass is 313 g/mol. The van der Waals surface area contributed by atoms with E-state index in [9.17, 15) is 4.79 Å². The van der Waals surface area contributed by atoms with Crippen LogP contribution in [-0.4, -0.2) is 12.1 Å². The Morgan fingerprint density at radius 3 is 2.74 bits per heavy atom. The molecule has 3 heteroatoms. The number of pyridine rings is 1. The van der Waals surface area contributed by atoms with Gasteiger partial charge >= 0.3 is 0 Å². The van der Waals surface area contributed by atoms with Gasteiger partial charge in [-0.1, -0.05) is 44.9 Å². The zero-order valence-electron chi connectivity index (χ0n) is 14.1. The number of rotatable bonds is 7. The molecule has 1 N–H and O–H groups in total. The largest absolute Gasteiger partial charge is 0.497 e. The van der Waals surface area contributed by atoms with Crippen LogP contribution < -0.4 is 10.3 Å². The molecular weight excluding hydrogens is 286 g/mol. The molecular formula is C20H27NO2. The predicted molar refractivity (Wildman–Crippen MR) is 95.3 cm³/mol. The Hall–Kier alpha value is -1.77. The highest BCUT2D eigenvalue weighted by Gasteiger charge is 2.14. The Bertz CT molecular complexity index is 698. The first-order valence-electron chi connectivity index (χ1n) is 8.96. The molecule has 1 saturated carbocycles. The molecule has 3 nitrogen and oxygen atoms in total. The number of aromatic nitrogens is 1. The lowest BCUT2D eigenvalue weighted by atomic mass is 9.98. The minimum Gasteiger partial charge on any atom is -0.497 e. The Balaban J connectivity index is 1.55. The highest BCUT2D eigenvalue weighted by atomic mass is 16.5. The number of benzene rings is 1. The summed E-state index contributed by atoms with van der Waals surface area (Å²) in [6.45, 7) is 0. The van der Waals surface area contributed by atoms with E-state index in [1.165, 1.54) is 44.9 Å². The SMILES string of the molecule is COc1ccc2cc(CCCCCC3CCCC3)c(=O)[nH]c2c1. The van der Waals surface area contributed by atoms with Crippen molar-refractivity contribution in [1.29, 1.82) is 0 Å². The summed E-state index contributed by atoms with van der Waals surface area (Å²) in [5.41, 5.74) is 1.80. The maximum absolute atomic E-state index is 12.2. The Morgan fingerprint density at radius 1 is 1.13 bits per heavy atom. The molecule has 1 aromatic carbocycles. The van der Waals surface area contributed by atoms with Crippen LogP contribution in [0.2, 0.25) is 0 Å². The van der Waals surface area contributed by atoms with Crippen LogP contribution >= 0.6 is 0 Å². The highest BCUT2D eigenvalue weighted by molar-refractivity contribution is 5.80. The van der Waals surface area contributed by atoms with E-state index in [1.807, 2.05) is 24.3 Å². The first-order chi connectivity index (χ1) is 11.3. The molecule has 1 fully saturated rings. The molecule has 2 aromatic rings. The smallest absolute Gasteiger partial charge is 0.251 e. The molecule has 1 aromatic heterocycles. The average molecular weight is 313 g/mol. The summed E-state index contributed by atoms with van der Waals surface area (Å²) in [6.07, 6.45) is 11.7. The van der Waals surface area contributed by atoms with Gasteiger partial charge in [-0.3, -0.25) is 4.79 Å². The molecule has 0 spiro atoms. The third kappa shape index (κ3) is 4.15. The molecule has 0 amide bonds. The van der Waals surface area contributed by atoms with E-state index >= 15 is 0 Å². The van der Waals surface area contributed by atoms with Gasteiger partial charge in [-0.15, -0.1) is 0 Å². The van der Waals surface area contributed by atoms with Crippen molar-refractivity contribution >= 4 is 10.9 Å².